The molecular formula is C13H15N3O3S. The zero-order valence-corrected chi connectivity index (χ0v) is 11.7. The molecule has 6 nitrogen and oxygen atoms in total. The lowest BCUT2D eigenvalue weighted by molar-refractivity contribution is 0.0925. The molecule has 2 rings (SSSR count). The molecule has 0 aliphatic heterocycles. The molecule has 1 heterocycles. The van der Waals surface area contributed by atoms with Crippen LogP contribution in [0, 0.1) is 0 Å². The number of thioether (sulfide) groups is 1. The Kier molecular flexibility index (Phi) is 4.54. The monoisotopic (exact) mass is 293 g/mol. The number of nitrogen functional groups attached to an aromatic ring is 2. The Balaban J connectivity index is 2.13. The maximum atomic E-state index is 11.5. The van der Waals surface area contributed by atoms with Crippen LogP contribution in [-0.4, -0.2) is 13.0 Å². The van der Waals surface area contributed by atoms with Gasteiger partial charge in [0.2, 0.25) is 0 Å². The van der Waals surface area contributed by atoms with Gasteiger partial charge < -0.3 is 14.9 Å². The Labute approximate surface area is 120 Å². The highest BCUT2D eigenvalue weighted by Gasteiger charge is 2.14. The molecule has 0 aliphatic rings. The molecule has 0 unspecified atom stereocenters. The third-order valence-corrected chi connectivity index (χ3v) is 3.81. The number of amides is 1. The van der Waals surface area contributed by atoms with Crippen LogP contribution in [0.15, 0.2) is 39.8 Å². The van der Waals surface area contributed by atoms with Gasteiger partial charge in [0.15, 0.2) is 5.76 Å². The summed E-state index contributed by atoms with van der Waals surface area (Å²) in [5.41, 5.74) is 9.36. The summed E-state index contributed by atoms with van der Waals surface area (Å²) in [6.07, 6.45) is 1.45. The number of furan rings is 1. The molecule has 0 fully saturated rings. The van der Waals surface area contributed by atoms with Crippen LogP contribution in [0.4, 0.5) is 5.69 Å². The van der Waals surface area contributed by atoms with Crippen molar-refractivity contribution in [3.63, 3.8) is 0 Å². The molecule has 0 atom stereocenters. The number of carbonyl (C=O) groups excluding carboxylic acids is 1. The van der Waals surface area contributed by atoms with Crippen LogP contribution in [0.25, 0.3) is 0 Å². The van der Waals surface area contributed by atoms with E-state index in [1.54, 1.807) is 25.3 Å². The van der Waals surface area contributed by atoms with E-state index in [1.807, 2.05) is 11.5 Å². The molecule has 0 radical (unpaired) electrons. The van der Waals surface area contributed by atoms with Gasteiger partial charge in [-0.15, -0.1) is 11.8 Å². The number of nitrogens with two attached hydrogens (primary N) is 2. The van der Waals surface area contributed by atoms with Crippen LogP contribution in [0.1, 0.15) is 16.1 Å². The van der Waals surface area contributed by atoms with Crippen molar-refractivity contribution in [3.8, 4) is 5.75 Å². The lowest BCUT2D eigenvalue weighted by atomic mass is 10.3. The van der Waals surface area contributed by atoms with Gasteiger partial charge >= 0.3 is 5.91 Å². The quantitative estimate of drug-likeness (QED) is 0.255. The minimum atomic E-state index is -0.454. The minimum Gasteiger partial charge on any atom is -0.497 e. The number of hydrazine groups is 1. The first-order valence-electron chi connectivity index (χ1n) is 5.79. The van der Waals surface area contributed by atoms with Gasteiger partial charge in [0.25, 0.3) is 0 Å². The number of hydrogen-bond acceptors (Lipinski definition) is 6. The molecule has 20 heavy (non-hydrogen) atoms. The van der Waals surface area contributed by atoms with E-state index < -0.39 is 5.91 Å². The van der Waals surface area contributed by atoms with Gasteiger partial charge in [-0.1, -0.05) is 0 Å². The number of rotatable bonds is 5. The van der Waals surface area contributed by atoms with Gasteiger partial charge in [0.1, 0.15) is 5.75 Å². The summed E-state index contributed by atoms with van der Waals surface area (Å²) in [5.74, 6) is 6.12. The second-order valence-corrected chi connectivity index (χ2v) is 4.96. The fourth-order valence-electron chi connectivity index (χ4n) is 1.64. The minimum absolute atomic E-state index is 0.210. The molecule has 106 valence electrons. The molecule has 1 amide bonds. The average Bonchev–Trinajstić information content (AvgIpc) is 2.94. The number of ether oxygens (including phenoxy) is 1. The van der Waals surface area contributed by atoms with Crippen molar-refractivity contribution in [1.29, 1.82) is 0 Å². The Bertz CT molecular complexity index is 613. The smallest absolute Gasteiger partial charge is 0.301 e. The van der Waals surface area contributed by atoms with Crippen LogP contribution in [-0.2, 0) is 5.75 Å². The summed E-state index contributed by atoms with van der Waals surface area (Å²) >= 11 is 1.49. The highest BCUT2D eigenvalue weighted by Crippen LogP contribution is 2.32. The number of methoxy groups -OCH3 is 1. The van der Waals surface area contributed by atoms with Gasteiger partial charge in [-0.25, -0.2) is 5.84 Å². The lowest BCUT2D eigenvalue weighted by Crippen LogP contribution is -2.30. The fourth-order valence-corrected chi connectivity index (χ4v) is 2.61. The Hall–Kier alpha value is -2.12. The third kappa shape index (κ3) is 3.06. The van der Waals surface area contributed by atoms with Gasteiger partial charge in [0.05, 0.1) is 13.4 Å². The number of nitrogens with one attached hydrogen (secondary N) is 1. The van der Waals surface area contributed by atoms with Crippen molar-refractivity contribution in [2.24, 2.45) is 5.84 Å². The second kappa shape index (κ2) is 6.36. The molecule has 7 heteroatoms. The Morgan fingerprint density at radius 3 is 2.95 bits per heavy atom. The zero-order chi connectivity index (χ0) is 14.5. The maximum absolute atomic E-state index is 11.5. The second-order valence-electron chi connectivity index (χ2n) is 3.94. The number of hydrogen-bond donors (Lipinski definition) is 3. The zero-order valence-electron chi connectivity index (χ0n) is 10.9. The van der Waals surface area contributed by atoms with Crippen molar-refractivity contribution < 1.29 is 13.9 Å². The standard InChI is InChI=1S/C13H15N3O3S/c1-18-9-2-3-10(14)11(6-9)20-7-8-4-5-19-12(8)13(17)16-15/h2-6H,7,14-15H2,1H3,(H,16,17). The molecule has 1 aromatic heterocycles. The van der Waals surface area contributed by atoms with E-state index in [4.69, 9.17) is 20.7 Å². The van der Waals surface area contributed by atoms with Crippen LogP contribution in [0.3, 0.4) is 0 Å². The van der Waals surface area contributed by atoms with Crippen molar-refractivity contribution in [2.75, 3.05) is 12.8 Å². The lowest BCUT2D eigenvalue weighted by Gasteiger charge is -2.07. The molecule has 0 bridgehead atoms. The predicted molar refractivity (Wildman–Crippen MR) is 77.3 cm³/mol. The van der Waals surface area contributed by atoms with E-state index >= 15 is 0 Å². The van der Waals surface area contributed by atoms with Crippen LogP contribution in [0.5, 0.6) is 5.75 Å². The van der Waals surface area contributed by atoms with E-state index in [0.717, 1.165) is 16.2 Å². The Morgan fingerprint density at radius 2 is 2.25 bits per heavy atom. The number of anilines is 1. The number of benzene rings is 1. The first-order valence-corrected chi connectivity index (χ1v) is 6.78. The van der Waals surface area contributed by atoms with Gasteiger partial charge in [-0.2, -0.15) is 0 Å². The van der Waals surface area contributed by atoms with Crippen LogP contribution >= 0.6 is 11.8 Å². The van der Waals surface area contributed by atoms with E-state index in [1.165, 1.54) is 18.0 Å². The third-order valence-electron chi connectivity index (χ3n) is 2.69. The highest BCUT2D eigenvalue weighted by molar-refractivity contribution is 7.98. The van der Waals surface area contributed by atoms with E-state index in [9.17, 15) is 4.79 Å². The summed E-state index contributed by atoms with van der Waals surface area (Å²) in [5, 5.41) is 0. The summed E-state index contributed by atoms with van der Waals surface area (Å²) in [7, 11) is 1.60. The first-order chi connectivity index (χ1) is 9.65. The highest BCUT2D eigenvalue weighted by atomic mass is 32.2. The fraction of sp³-hybridized carbons (Fsp3) is 0.154. The van der Waals surface area contributed by atoms with Crippen molar-refractivity contribution in [3.05, 3.63) is 41.9 Å². The molecule has 0 saturated carbocycles. The van der Waals surface area contributed by atoms with Crippen molar-refractivity contribution in [2.45, 2.75) is 10.6 Å². The average molecular weight is 293 g/mol. The molecule has 5 N–H and O–H groups in total. The van der Waals surface area contributed by atoms with E-state index in [0.29, 0.717) is 11.4 Å². The molecule has 0 spiro atoms. The Morgan fingerprint density at radius 1 is 1.45 bits per heavy atom. The topological polar surface area (TPSA) is 104 Å². The molecular weight excluding hydrogens is 278 g/mol. The normalized spacial score (nSPS) is 10.3. The molecule has 2 aromatic rings. The maximum Gasteiger partial charge on any atom is 0.301 e. The van der Waals surface area contributed by atoms with Crippen LogP contribution in [0.2, 0.25) is 0 Å². The predicted octanol–water partition coefficient (Wildman–Crippen LogP) is 1.77. The van der Waals surface area contributed by atoms with Gasteiger partial charge in [-0.3, -0.25) is 10.2 Å². The summed E-state index contributed by atoms with van der Waals surface area (Å²) in [4.78, 5) is 12.4. The van der Waals surface area contributed by atoms with Crippen molar-refractivity contribution in [1.82, 2.24) is 5.43 Å². The van der Waals surface area contributed by atoms with Gasteiger partial charge in [-0.05, 0) is 24.3 Å². The molecule has 0 aliphatic carbocycles. The van der Waals surface area contributed by atoms with E-state index in [2.05, 4.69) is 0 Å². The van der Waals surface area contributed by atoms with Crippen LogP contribution < -0.4 is 21.7 Å². The van der Waals surface area contributed by atoms with E-state index in [-0.39, 0.29) is 5.76 Å². The summed E-state index contributed by atoms with van der Waals surface area (Å²) in [6, 6.07) is 7.16. The first kappa shape index (κ1) is 14.3. The largest absolute Gasteiger partial charge is 0.497 e. The SMILES string of the molecule is COc1ccc(N)c(SCc2ccoc2C(=O)NN)c1. The summed E-state index contributed by atoms with van der Waals surface area (Å²) < 4.78 is 10.3. The number of carbonyl (C=O) groups is 1. The molecule has 1 aromatic carbocycles. The molecule has 0 saturated heterocycles. The summed E-state index contributed by atoms with van der Waals surface area (Å²) in [6.45, 7) is 0. The van der Waals surface area contributed by atoms with Crippen molar-refractivity contribution >= 4 is 23.4 Å². The van der Waals surface area contributed by atoms with Gasteiger partial charge in [0, 0.05) is 21.9 Å².